The fourth-order valence-electron chi connectivity index (χ4n) is 3.19. The molecule has 0 aromatic heterocycles. The SMILES string of the molecule is COC(=O)C1C(C)=NC2=C(C(=O)COC2)C1c1ccc(F)c(I)c1. The lowest BCUT2D eigenvalue weighted by molar-refractivity contribution is -0.143. The van der Waals surface area contributed by atoms with E-state index in [-0.39, 0.29) is 24.8 Å². The summed E-state index contributed by atoms with van der Waals surface area (Å²) in [6, 6.07) is 4.60. The molecule has 2 unspecified atom stereocenters. The highest BCUT2D eigenvalue weighted by atomic mass is 127. The predicted molar refractivity (Wildman–Crippen MR) is 93.3 cm³/mol. The Labute approximate surface area is 152 Å². The third-order valence-electron chi connectivity index (χ3n) is 4.25. The number of benzene rings is 1. The number of carbonyl (C=O) groups excluding carboxylic acids is 2. The summed E-state index contributed by atoms with van der Waals surface area (Å²) >= 11 is 1.89. The Morgan fingerprint density at radius 3 is 2.83 bits per heavy atom. The van der Waals surface area contributed by atoms with Crippen LogP contribution in [0.2, 0.25) is 0 Å². The molecule has 0 bridgehead atoms. The van der Waals surface area contributed by atoms with Crippen molar-refractivity contribution in [3.05, 3.63) is 44.4 Å². The highest BCUT2D eigenvalue weighted by molar-refractivity contribution is 14.1. The minimum absolute atomic E-state index is 0.0456. The average molecular weight is 443 g/mol. The van der Waals surface area contributed by atoms with Gasteiger partial charge < -0.3 is 9.47 Å². The summed E-state index contributed by atoms with van der Waals surface area (Å²) in [6.07, 6.45) is 0. The monoisotopic (exact) mass is 443 g/mol. The average Bonchev–Trinajstić information content (AvgIpc) is 2.55. The smallest absolute Gasteiger partial charge is 0.315 e. The lowest BCUT2D eigenvalue weighted by atomic mass is 9.74. The molecule has 0 spiro atoms. The molecule has 126 valence electrons. The first-order chi connectivity index (χ1) is 11.4. The van der Waals surface area contributed by atoms with Crippen LogP contribution in [0.25, 0.3) is 0 Å². The van der Waals surface area contributed by atoms with E-state index in [0.717, 1.165) is 0 Å². The topological polar surface area (TPSA) is 65.0 Å². The maximum absolute atomic E-state index is 13.7. The van der Waals surface area contributed by atoms with Crippen LogP contribution in [-0.2, 0) is 19.1 Å². The first-order valence-corrected chi connectivity index (χ1v) is 8.44. The Morgan fingerprint density at radius 2 is 2.17 bits per heavy atom. The molecule has 0 saturated heterocycles. The predicted octanol–water partition coefficient (Wildman–Crippen LogP) is 2.63. The summed E-state index contributed by atoms with van der Waals surface area (Å²) in [5.41, 5.74) is 2.24. The van der Waals surface area contributed by atoms with Crippen molar-refractivity contribution < 1.29 is 23.5 Å². The third kappa shape index (κ3) is 2.90. The number of ketones is 1. The molecule has 2 heterocycles. The molecule has 0 radical (unpaired) electrons. The van der Waals surface area contributed by atoms with Crippen LogP contribution in [-0.4, -0.2) is 37.8 Å². The van der Waals surface area contributed by atoms with Crippen LogP contribution >= 0.6 is 22.6 Å². The molecule has 24 heavy (non-hydrogen) atoms. The van der Waals surface area contributed by atoms with Gasteiger partial charge in [0.25, 0.3) is 0 Å². The van der Waals surface area contributed by atoms with Gasteiger partial charge in [-0.05, 0) is 47.2 Å². The molecule has 0 fully saturated rings. The number of esters is 1. The zero-order valence-corrected chi connectivity index (χ0v) is 15.3. The Balaban J connectivity index is 2.20. The van der Waals surface area contributed by atoms with Gasteiger partial charge in [-0.3, -0.25) is 14.6 Å². The van der Waals surface area contributed by atoms with Crippen molar-refractivity contribution in [1.82, 2.24) is 0 Å². The van der Waals surface area contributed by atoms with Gasteiger partial charge in [0.1, 0.15) is 18.3 Å². The number of carbonyl (C=O) groups is 2. The molecular weight excluding hydrogens is 428 g/mol. The number of ether oxygens (including phenoxy) is 2. The van der Waals surface area contributed by atoms with E-state index in [1.807, 2.05) is 22.6 Å². The van der Waals surface area contributed by atoms with Crippen LogP contribution in [0.15, 0.2) is 34.5 Å². The van der Waals surface area contributed by atoms with E-state index >= 15 is 0 Å². The molecule has 7 heteroatoms. The van der Waals surface area contributed by atoms with E-state index in [4.69, 9.17) is 9.47 Å². The molecule has 2 atom stereocenters. The molecule has 5 nitrogen and oxygen atoms in total. The standard InChI is InChI=1S/C17H15FINO4/c1-8-14(17(22)23-2)15(9-3-4-10(18)11(19)5-9)16-12(20-8)6-24-7-13(16)21/h3-5,14-15H,6-7H2,1-2H3. The minimum Gasteiger partial charge on any atom is -0.468 e. The maximum atomic E-state index is 13.7. The third-order valence-corrected chi connectivity index (χ3v) is 5.07. The van der Waals surface area contributed by atoms with Crippen molar-refractivity contribution in [2.75, 3.05) is 20.3 Å². The maximum Gasteiger partial charge on any atom is 0.315 e. The Bertz CT molecular complexity index is 787. The number of rotatable bonds is 2. The number of methoxy groups -OCH3 is 1. The van der Waals surface area contributed by atoms with Crippen molar-refractivity contribution in [3.63, 3.8) is 0 Å². The second kappa shape index (κ2) is 6.72. The van der Waals surface area contributed by atoms with E-state index in [1.54, 1.807) is 19.1 Å². The Morgan fingerprint density at radius 1 is 1.42 bits per heavy atom. The van der Waals surface area contributed by atoms with Crippen LogP contribution < -0.4 is 0 Å². The summed E-state index contributed by atoms with van der Waals surface area (Å²) in [4.78, 5) is 29.2. The summed E-state index contributed by atoms with van der Waals surface area (Å²) in [7, 11) is 1.30. The van der Waals surface area contributed by atoms with Gasteiger partial charge >= 0.3 is 5.97 Å². The molecule has 0 saturated carbocycles. The van der Waals surface area contributed by atoms with Crippen molar-refractivity contribution in [2.45, 2.75) is 12.8 Å². The van der Waals surface area contributed by atoms with E-state index in [2.05, 4.69) is 4.99 Å². The summed E-state index contributed by atoms with van der Waals surface area (Å²) < 4.78 is 24.3. The van der Waals surface area contributed by atoms with Crippen LogP contribution in [0.4, 0.5) is 4.39 Å². The zero-order chi connectivity index (χ0) is 17.4. The van der Waals surface area contributed by atoms with Gasteiger partial charge in [-0.25, -0.2) is 4.39 Å². The van der Waals surface area contributed by atoms with Crippen molar-refractivity contribution >= 4 is 40.1 Å². The van der Waals surface area contributed by atoms with Gasteiger partial charge in [0, 0.05) is 20.8 Å². The molecule has 0 amide bonds. The van der Waals surface area contributed by atoms with Crippen LogP contribution in [0, 0.1) is 15.3 Å². The van der Waals surface area contributed by atoms with Gasteiger partial charge in [0.15, 0.2) is 5.78 Å². The van der Waals surface area contributed by atoms with Crippen molar-refractivity contribution in [3.8, 4) is 0 Å². The highest BCUT2D eigenvalue weighted by Gasteiger charge is 2.43. The number of Topliss-reactive ketones (excluding diaryl/α,β-unsaturated/α-hetero) is 1. The summed E-state index contributed by atoms with van der Waals surface area (Å²) in [5.74, 6) is -2.27. The Hall–Kier alpha value is -1.61. The first-order valence-electron chi connectivity index (χ1n) is 7.36. The van der Waals surface area contributed by atoms with Gasteiger partial charge in [0.05, 0.1) is 19.4 Å². The molecular formula is C17H15FINO4. The highest BCUT2D eigenvalue weighted by Crippen LogP contribution is 2.41. The van der Waals surface area contributed by atoms with Crippen LogP contribution in [0.5, 0.6) is 0 Å². The summed E-state index contributed by atoms with van der Waals surface area (Å²) in [5, 5.41) is 0. The van der Waals surface area contributed by atoms with E-state index in [0.29, 0.717) is 26.1 Å². The zero-order valence-electron chi connectivity index (χ0n) is 13.1. The number of hydrogen-bond acceptors (Lipinski definition) is 5. The molecule has 2 aliphatic rings. The molecule has 2 aliphatic heterocycles. The molecule has 0 aliphatic carbocycles. The van der Waals surface area contributed by atoms with E-state index in [9.17, 15) is 14.0 Å². The van der Waals surface area contributed by atoms with Crippen LogP contribution in [0.1, 0.15) is 18.4 Å². The molecule has 1 aromatic rings. The van der Waals surface area contributed by atoms with Gasteiger partial charge in [-0.2, -0.15) is 0 Å². The normalized spacial score (nSPS) is 23.7. The summed E-state index contributed by atoms with van der Waals surface area (Å²) in [6.45, 7) is 1.91. The number of nitrogens with zero attached hydrogens (tertiary/aromatic N) is 1. The number of aliphatic imine (C=N–C) groups is 1. The molecule has 3 rings (SSSR count). The second-order valence-electron chi connectivity index (χ2n) is 5.68. The van der Waals surface area contributed by atoms with Gasteiger partial charge in [-0.15, -0.1) is 0 Å². The van der Waals surface area contributed by atoms with Gasteiger partial charge in [-0.1, -0.05) is 6.07 Å². The first kappa shape index (κ1) is 17.2. The van der Waals surface area contributed by atoms with E-state index in [1.165, 1.54) is 13.2 Å². The largest absolute Gasteiger partial charge is 0.468 e. The van der Waals surface area contributed by atoms with Crippen molar-refractivity contribution in [2.24, 2.45) is 10.9 Å². The number of halogens is 2. The fraction of sp³-hybridized carbons (Fsp3) is 0.353. The van der Waals surface area contributed by atoms with Gasteiger partial charge in [0.2, 0.25) is 0 Å². The van der Waals surface area contributed by atoms with Crippen LogP contribution in [0.3, 0.4) is 0 Å². The second-order valence-corrected chi connectivity index (χ2v) is 6.84. The quantitative estimate of drug-likeness (QED) is 0.521. The Kier molecular flexibility index (Phi) is 4.82. The van der Waals surface area contributed by atoms with Crippen molar-refractivity contribution in [1.29, 1.82) is 0 Å². The van der Waals surface area contributed by atoms with E-state index < -0.39 is 17.8 Å². The molecule has 0 N–H and O–H groups in total. The molecule has 1 aromatic carbocycles. The number of hydrogen-bond donors (Lipinski definition) is 0. The lowest BCUT2D eigenvalue weighted by Gasteiger charge is -2.34. The lowest BCUT2D eigenvalue weighted by Crippen LogP contribution is -2.39. The fourth-order valence-corrected chi connectivity index (χ4v) is 3.73. The minimum atomic E-state index is -0.711.